The van der Waals surface area contributed by atoms with E-state index in [1.165, 1.54) is 0 Å². The van der Waals surface area contributed by atoms with Crippen molar-refractivity contribution in [1.82, 2.24) is 15.5 Å². The number of hydrogen-bond donors (Lipinski definition) is 4. The summed E-state index contributed by atoms with van der Waals surface area (Å²) in [5, 5.41) is 28.5. The summed E-state index contributed by atoms with van der Waals surface area (Å²) in [5.74, 6) is -0.438. The highest BCUT2D eigenvalue weighted by molar-refractivity contribution is 5.80. The number of nitrogens with one attached hydrogen (secondary N) is 2. The molecule has 3 aromatic rings. The van der Waals surface area contributed by atoms with Crippen LogP contribution in [0.3, 0.4) is 0 Å². The second-order valence-corrected chi connectivity index (χ2v) is 14.0. The van der Waals surface area contributed by atoms with Crippen LogP contribution < -0.4 is 15.4 Å². The lowest BCUT2D eigenvalue weighted by Crippen LogP contribution is -2.48. The van der Waals surface area contributed by atoms with Gasteiger partial charge in [-0.15, -0.1) is 0 Å². The molecule has 0 radical (unpaired) electrons. The number of rotatable bonds is 14. The minimum Gasteiger partial charge on any atom is -0.492 e. The first-order valence-electron chi connectivity index (χ1n) is 17.3. The Balaban J connectivity index is 1.31. The van der Waals surface area contributed by atoms with Gasteiger partial charge in [0, 0.05) is 18.9 Å². The van der Waals surface area contributed by atoms with Gasteiger partial charge in [0.1, 0.15) is 24.6 Å². The topological polar surface area (TPSA) is 147 Å². The van der Waals surface area contributed by atoms with Crippen LogP contribution in [0.5, 0.6) is 5.75 Å². The molecule has 1 aliphatic heterocycles. The maximum atomic E-state index is 14.1. The van der Waals surface area contributed by atoms with E-state index in [0.29, 0.717) is 51.3 Å². The summed E-state index contributed by atoms with van der Waals surface area (Å²) < 4.78 is 16.6. The predicted octanol–water partition coefficient (Wildman–Crippen LogP) is 3.74. The quantitative estimate of drug-likeness (QED) is 0.201. The lowest BCUT2D eigenvalue weighted by molar-refractivity contribution is -0.143. The third-order valence-electron chi connectivity index (χ3n) is 8.98. The molecule has 1 heterocycles. The van der Waals surface area contributed by atoms with Crippen LogP contribution in [0.2, 0.25) is 0 Å². The zero-order valence-electron chi connectivity index (χ0n) is 29.0. The third kappa shape index (κ3) is 10.5. The normalized spacial score (nSPS) is 19.2. The molecule has 0 bridgehead atoms. The third-order valence-corrected chi connectivity index (χ3v) is 8.98. The molecule has 11 nitrogen and oxygen atoms in total. The van der Waals surface area contributed by atoms with Crippen molar-refractivity contribution in [1.29, 1.82) is 0 Å². The van der Waals surface area contributed by atoms with Gasteiger partial charge in [-0.25, -0.2) is 4.79 Å². The average Bonchev–Trinajstić information content (AvgIpc) is 3.39. The van der Waals surface area contributed by atoms with E-state index in [1.807, 2.05) is 78.9 Å². The lowest BCUT2D eigenvalue weighted by Gasteiger charge is -2.30. The Hall–Kier alpha value is -4.45. The number of aliphatic hydroxyl groups excluding tert-OH is 2. The zero-order chi connectivity index (χ0) is 35.7. The molecular formula is C39H49N3O8. The number of carbonyl (C=O) groups excluding carboxylic acids is 3. The summed E-state index contributed by atoms with van der Waals surface area (Å²) in [6.45, 7) is 7.25. The van der Waals surface area contributed by atoms with Crippen molar-refractivity contribution in [2.75, 3.05) is 32.9 Å². The van der Waals surface area contributed by atoms with E-state index in [1.54, 1.807) is 25.7 Å². The second-order valence-electron chi connectivity index (χ2n) is 14.0. The standard InChI is InChI=1S/C39H49N3O8/c1-39(2,3)50-38(47)40-32(22-26-9-5-4-6-10-26)33(43)24-29(37(46)41-36-31-12-8-7-11-28(31)23-34(36)44)21-27-13-15-30(16-14-27)49-20-18-42-17-19-48-25-35(42)45/h4-16,29,32-34,36,43-44H,17-25H2,1-3H3,(H,40,47)(H,41,46). The van der Waals surface area contributed by atoms with E-state index in [0.717, 1.165) is 22.3 Å². The van der Waals surface area contributed by atoms with Gasteiger partial charge in [-0.2, -0.15) is 0 Å². The molecule has 50 heavy (non-hydrogen) atoms. The molecule has 1 fully saturated rings. The van der Waals surface area contributed by atoms with Gasteiger partial charge in [-0.3, -0.25) is 9.59 Å². The van der Waals surface area contributed by atoms with Crippen molar-refractivity contribution >= 4 is 17.9 Å². The van der Waals surface area contributed by atoms with Gasteiger partial charge in [0.15, 0.2) is 0 Å². The number of aliphatic hydroxyl groups is 2. The molecule has 5 unspecified atom stereocenters. The molecule has 1 aliphatic carbocycles. The largest absolute Gasteiger partial charge is 0.492 e. The van der Waals surface area contributed by atoms with Gasteiger partial charge in [0.25, 0.3) is 0 Å². The Bertz CT molecular complexity index is 1580. The molecule has 11 heteroatoms. The summed E-state index contributed by atoms with van der Waals surface area (Å²) >= 11 is 0. The number of alkyl carbamates (subject to hydrolysis) is 1. The van der Waals surface area contributed by atoms with Gasteiger partial charge >= 0.3 is 6.09 Å². The number of fused-ring (bicyclic) bond motifs is 1. The molecule has 3 aromatic carbocycles. The summed E-state index contributed by atoms with van der Waals surface area (Å²) in [7, 11) is 0. The van der Waals surface area contributed by atoms with Crippen LogP contribution >= 0.6 is 0 Å². The average molecular weight is 688 g/mol. The Morgan fingerprint density at radius 2 is 1.68 bits per heavy atom. The fraction of sp³-hybridized carbons (Fsp3) is 0.462. The van der Waals surface area contributed by atoms with Crippen LogP contribution in [-0.2, 0) is 38.3 Å². The van der Waals surface area contributed by atoms with Crippen LogP contribution in [0.1, 0.15) is 55.5 Å². The molecule has 0 spiro atoms. The predicted molar refractivity (Wildman–Crippen MR) is 187 cm³/mol. The number of benzene rings is 3. The second kappa shape index (κ2) is 17.0. The first kappa shape index (κ1) is 36.8. The van der Waals surface area contributed by atoms with E-state index >= 15 is 0 Å². The van der Waals surface area contributed by atoms with Crippen molar-refractivity contribution in [3.8, 4) is 5.75 Å². The maximum absolute atomic E-state index is 14.1. The highest BCUT2D eigenvalue weighted by atomic mass is 16.6. The van der Waals surface area contributed by atoms with E-state index in [9.17, 15) is 24.6 Å². The summed E-state index contributed by atoms with van der Waals surface area (Å²) in [6, 6.07) is 23.3. The number of amides is 3. The maximum Gasteiger partial charge on any atom is 0.407 e. The molecule has 0 aromatic heterocycles. The lowest BCUT2D eigenvalue weighted by atomic mass is 9.88. The van der Waals surface area contributed by atoms with Crippen molar-refractivity contribution in [2.45, 2.75) is 76.3 Å². The van der Waals surface area contributed by atoms with E-state index in [2.05, 4.69) is 10.6 Å². The van der Waals surface area contributed by atoms with Crippen molar-refractivity contribution in [3.05, 3.63) is 101 Å². The Morgan fingerprint density at radius 3 is 2.40 bits per heavy atom. The van der Waals surface area contributed by atoms with Crippen molar-refractivity contribution < 1.29 is 38.8 Å². The Morgan fingerprint density at radius 1 is 0.980 bits per heavy atom. The van der Waals surface area contributed by atoms with Crippen LogP contribution in [0.25, 0.3) is 0 Å². The monoisotopic (exact) mass is 687 g/mol. The summed E-state index contributed by atoms with van der Waals surface area (Å²) in [4.78, 5) is 40.7. The Kier molecular flexibility index (Phi) is 12.5. The van der Waals surface area contributed by atoms with Crippen molar-refractivity contribution in [3.63, 3.8) is 0 Å². The molecule has 4 N–H and O–H groups in total. The molecule has 5 atom stereocenters. The zero-order valence-corrected chi connectivity index (χ0v) is 29.0. The van der Waals surface area contributed by atoms with Crippen molar-refractivity contribution in [2.24, 2.45) is 5.92 Å². The van der Waals surface area contributed by atoms with E-state index in [4.69, 9.17) is 14.2 Å². The SMILES string of the molecule is CC(C)(C)OC(=O)NC(Cc1ccccc1)C(O)CC(Cc1ccc(OCCN2CCOCC2=O)cc1)C(=O)NC1c2ccccc2CC1O. The summed E-state index contributed by atoms with van der Waals surface area (Å²) in [5.41, 5.74) is 2.89. The minimum atomic E-state index is -1.11. The number of morpholine rings is 1. The first-order chi connectivity index (χ1) is 23.9. The van der Waals surface area contributed by atoms with Gasteiger partial charge < -0.3 is 40.0 Å². The number of ether oxygens (including phenoxy) is 3. The van der Waals surface area contributed by atoms with Crippen LogP contribution in [0.4, 0.5) is 4.79 Å². The summed E-state index contributed by atoms with van der Waals surface area (Å²) in [6.07, 6.45) is -1.44. The van der Waals surface area contributed by atoms with Crippen LogP contribution in [-0.4, -0.2) is 89.8 Å². The number of nitrogens with zero attached hydrogens (tertiary/aromatic N) is 1. The van der Waals surface area contributed by atoms with Gasteiger partial charge in [0.05, 0.1) is 37.4 Å². The number of carbonyl (C=O) groups is 3. The molecular weight excluding hydrogens is 638 g/mol. The minimum absolute atomic E-state index is 0.0371. The molecule has 0 saturated carbocycles. The van der Waals surface area contributed by atoms with Crippen LogP contribution in [0.15, 0.2) is 78.9 Å². The van der Waals surface area contributed by atoms with Gasteiger partial charge in [0.2, 0.25) is 11.8 Å². The first-order valence-corrected chi connectivity index (χ1v) is 17.3. The van der Waals surface area contributed by atoms with Gasteiger partial charge in [-0.1, -0.05) is 66.7 Å². The highest BCUT2D eigenvalue weighted by Gasteiger charge is 2.35. The molecule has 268 valence electrons. The molecule has 3 amide bonds. The van der Waals surface area contributed by atoms with E-state index < -0.39 is 41.9 Å². The fourth-order valence-electron chi connectivity index (χ4n) is 6.43. The van der Waals surface area contributed by atoms with E-state index in [-0.39, 0.29) is 24.8 Å². The molecule has 2 aliphatic rings. The molecule has 1 saturated heterocycles. The Labute approximate surface area is 293 Å². The highest BCUT2D eigenvalue weighted by Crippen LogP contribution is 2.32. The molecule has 5 rings (SSSR count). The van der Waals surface area contributed by atoms with Crippen LogP contribution in [0, 0.1) is 5.92 Å². The fourth-order valence-corrected chi connectivity index (χ4v) is 6.43. The number of hydrogen-bond acceptors (Lipinski definition) is 8. The van der Waals surface area contributed by atoms with Gasteiger partial charge in [-0.05, 0) is 74.4 Å². The smallest absolute Gasteiger partial charge is 0.407 e.